The third kappa shape index (κ3) is 4.42. The number of pyridine rings is 1. The van der Waals surface area contributed by atoms with E-state index in [0.29, 0.717) is 0 Å². The minimum absolute atomic E-state index is 0.108. The largest absolute Gasteiger partial charge is 0.464 e. The summed E-state index contributed by atoms with van der Waals surface area (Å²) < 4.78 is 6.39. The number of aromatic nitrogens is 1. The second-order valence-electron chi connectivity index (χ2n) is 11.7. The first kappa shape index (κ1) is 25.6. The molecule has 9 rings (SSSR count). The molecule has 214 valence electrons. The summed E-state index contributed by atoms with van der Waals surface area (Å²) in [4.78, 5) is 5.19. The first-order chi connectivity index (χ1) is 22.3. The fourth-order valence-corrected chi connectivity index (χ4v) is 6.66. The number of hydrogen-bond acceptors (Lipinski definition) is 4. The van der Waals surface area contributed by atoms with Crippen LogP contribution in [0, 0.1) is 0 Å². The molecule has 2 aliphatic heterocycles. The summed E-state index contributed by atoms with van der Waals surface area (Å²) in [6, 6.07) is 46.9. The number of nitrogens with one attached hydrogen (secondary N) is 2. The molecule has 4 nitrogen and oxygen atoms in total. The SMILES string of the molecule is C1=CC(c2ccc3ccccc3c2)NC(c2ccc(-c3nc4ccccc4c4c5c(ccc34)OC(c3ccccc3)N5)cc2)=C1. The number of dihydropyridines is 1. The molecule has 2 unspecified atom stereocenters. The number of nitrogens with zero attached hydrogens (tertiary/aromatic N) is 1. The zero-order valence-corrected chi connectivity index (χ0v) is 24.4. The van der Waals surface area contributed by atoms with Gasteiger partial charge in [0.1, 0.15) is 5.75 Å². The van der Waals surface area contributed by atoms with Crippen LogP contribution in [0.5, 0.6) is 5.75 Å². The molecule has 0 radical (unpaired) electrons. The smallest absolute Gasteiger partial charge is 0.196 e. The minimum atomic E-state index is -0.231. The lowest BCUT2D eigenvalue weighted by Gasteiger charge is -2.23. The van der Waals surface area contributed by atoms with Crippen molar-refractivity contribution in [1.29, 1.82) is 0 Å². The van der Waals surface area contributed by atoms with Gasteiger partial charge in [-0.2, -0.15) is 0 Å². The van der Waals surface area contributed by atoms with Gasteiger partial charge in [-0.05, 0) is 52.2 Å². The van der Waals surface area contributed by atoms with Crippen molar-refractivity contribution in [2.45, 2.75) is 12.3 Å². The predicted octanol–water partition coefficient (Wildman–Crippen LogP) is 9.95. The Labute approximate surface area is 261 Å². The fraction of sp³-hybridized carbons (Fsp3) is 0.0488. The molecule has 0 spiro atoms. The van der Waals surface area contributed by atoms with E-state index < -0.39 is 0 Å². The van der Waals surface area contributed by atoms with Crippen molar-refractivity contribution in [3.63, 3.8) is 0 Å². The highest BCUT2D eigenvalue weighted by Gasteiger charge is 2.27. The molecule has 2 atom stereocenters. The highest BCUT2D eigenvalue weighted by Crippen LogP contribution is 2.47. The number of para-hydroxylation sites is 1. The van der Waals surface area contributed by atoms with Crippen LogP contribution >= 0.6 is 0 Å². The van der Waals surface area contributed by atoms with Gasteiger partial charge in [-0.15, -0.1) is 0 Å². The Kier molecular flexibility index (Phi) is 5.91. The highest BCUT2D eigenvalue weighted by molar-refractivity contribution is 6.17. The molecule has 6 aromatic carbocycles. The molecule has 0 aliphatic carbocycles. The molecule has 0 saturated carbocycles. The third-order valence-electron chi connectivity index (χ3n) is 8.93. The van der Waals surface area contributed by atoms with Crippen molar-refractivity contribution in [2.24, 2.45) is 0 Å². The number of rotatable bonds is 4. The average Bonchev–Trinajstić information content (AvgIpc) is 3.56. The van der Waals surface area contributed by atoms with E-state index in [0.717, 1.165) is 61.2 Å². The van der Waals surface area contributed by atoms with Gasteiger partial charge in [-0.1, -0.05) is 121 Å². The molecule has 0 amide bonds. The zero-order chi connectivity index (χ0) is 29.7. The molecule has 0 bridgehead atoms. The average molecular weight is 580 g/mol. The van der Waals surface area contributed by atoms with Crippen molar-refractivity contribution >= 4 is 43.8 Å². The van der Waals surface area contributed by atoms with Crippen LogP contribution in [0.1, 0.15) is 29.0 Å². The fourth-order valence-electron chi connectivity index (χ4n) is 6.66. The number of hydrogen-bond donors (Lipinski definition) is 2. The molecule has 3 heterocycles. The van der Waals surface area contributed by atoms with Crippen LogP contribution < -0.4 is 15.4 Å². The van der Waals surface area contributed by atoms with Gasteiger partial charge in [0.05, 0.1) is 22.9 Å². The third-order valence-corrected chi connectivity index (χ3v) is 8.93. The molecule has 2 aliphatic rings. The standard InChI is InChI=1S/C41H29N3O/c1-2-10-29(11-3-1)41-44-40-37(45-41)24-23-33-38(40)32-13-6-7-14-36(32)43-39(33)28-20-18-27(19-21-28)34-15-8-16-35(42-34)31-22-17-26-9-4-5-12-30(26)25-31/h1-25,35,41-42,44H. The topological polar surface area (TPSA) is 46.2 Å². The Bertz CT molecular complexity index is 2310. The summed E-state index contributed by atoms with van der Waals surface area (Å²) >= 11 is 0. The van der Waals surface area contributed by atoms with E-state index in [1.54, 1.807) is 0 Å². The van der Waals surface area contributed by atoms with Crippen LogP contribution in [0.4, 0.5) is 5.69 Å². The monoisotopic (exact) mass is 579 g/mol. The van der Waals surface area contributed by atoms with Gasteiger partial charge in [0.25, 0.3) is 0 Å². The van der Waals surface area contributed by atoms with Crippen molar-refractivity contribution in [2.75, 3.05) is 5.32 Å². The van der Waals surface area contributed by atoms with Gasteiger partial charge in [0.2, 0.25) is 0 Å². The van der Waals surface area contributed by atoms with Gasteiger partial charge in [-0.25, -0.2) is 4.98 Å². The van der Waals surface area contributed by atoms with Crippen LogP contribution in [0.25, 0.3) is 49.4 Å². The maximum Gasteiger partial charge on any atom is 0.196 e. The summed E-state index contributed by atoms with van der Waals surface area (Å²) in [6.07, 6.45) is 6.28. The summed E-state index contributed by atoms with van der Waals surface area (Å²) in [6.45, 7) is 0. The zero-order valence-electron chi connectivity index (χ0n) is 24.4. The van der Waals surface area contributed by atoms with E-state index in [4.69, 9.17) is 9.72 Å². The van der Waals surface area contributed by atoms with Gasteiger partial charge in [0, 0.05) is 33.0 Å². The first-order valence-corrected chi connectivity index (χ1v) is 15.4. The predicted molar refractivity (Wildman–Crippen MR) is 185 cm³/mol. The van der Waals surface area contributed by atoms with Crippen molar-refractivity contribution in [1.82, 2.24) is 10.3 Å². The molecule has 0 saturated heterocycles. The highest BCUT2D eigenvalue weighted by atomic mass is 16.5. The summed E-state index contributed by atoms with van der Waals surface area (Å²) in [7, 11) is 0. The van der Waals surface area contributed by atoms with E-state index in [2.05, 4.69) is 144 Å². The summed E-state index contributed by atoms with van der Waals surface area (Å²) in [5.41, 5.74) is 8.60. The minimum Gasteiger partial charge on any atom is -0.464 e. The summed E-state index contributed by atoms with van der Waals surface area (Å²) in [5, 5.41) is 13.3. The van der Waals surface area contributed by atoms with Gasteiger partial charge in [-0.3, -0.25) is 0 Å². The molecule has 1 aromatic heterocycles. The van der Waals surface area contributed by atoms with Crippen LogP contribution in [-0.2, 0) is 0 Å². The Hall–Kier alpha value is -5.87. The van der Waals surface area contributed by atoms with Gasteiger partial charge >= 0.3 is 0 Å². The number of benzene rings is 6. The molecule has 2 N–H and O–H groups in total. The lowest BCUT2D eigenvalue weighted by molar-refractivity contribution is 0.260. The normalized spacial score (nSPS) is 17.0. The molecular formula is C41H29N3O. The molecule has 45 heavy (non-hydrogen) atoms. The van der Waals surface area contributed by atoms with E-state index in [1.165, 1.54) is 16.3 Å². The number of allylic oxidation sites excluding steroid dienone is 2. The van der Waals surface area contributed by atoms with E-state index in [-0.39, 0.29) is 12.3 Å². The molecule has 7 aromatic rings. The van der Waals surface area contributed by atoms with Gasteiger partial charge in [0.15, 0.2) is 6.23 Å². The van der Waals surface area contributed by atoms with E-state index in [1.807, 2.05) is 18.2 Å². The van der Waals surface area contributed by atoms with Crippen LogP contribution in [0.15, 0.2) is 152 Å². The van der Waals surface area contributed by atoms with Crippen LogP contribution in [0.2, 0.25) is 0 Å². The lowest BCUT2D eigenvalue weighted by Crippen LogP contribution is -2.20. The second kappa shape index (κ2) is 10.4. The Morgan fingerprint density at radius 1 is 0.600 bits per heavy atom. The Morgan fingerprint density at radius 2 is 1.38 bits per heavy atom. The van der Waals surface area contributed by atoms with Crippen molar-refractivity contribution in [3.05, 3.63) is 168 Å². The Morgan fingerprint density at radius 3 is 2.27 bits per heavy atom. The maximum atomic E-state index is 6.39. The maximum absolute atomic E-state index is 6.39. The quantitative estimate of drug-likeness (QED) is 0.204. The molecule has 4 heteroatoms. The van der Waals surface area contributed by atoms with Crippen molar-refractivity contribution < 1.29 is 4.74 Å². The van der Waals surface area contributed by atoms with Gasteiger partial charge < -0.3 is 15.4 Å². The van der Waals surface area contributed by atoms with Crippen molar-refractivity contribution in [3.8, 4) is 17.0 Å². The molecular weight excluding hydrogens is 550 g/mol. The summed E-state index contributed by atoms with van der Waals surface area (Å²) in [5.74, 6) is 0.860. The second-order valence-corrected chi connectivity index (χ2v) is 11.7. The first-order valence-electron chi connectivity index (χ1n) is 15.4. The lowest BCUT2D eigenvalue weighted by atomic mass is 9.96. The van der Waals surface area contributed by atoms with E-state index in [9.17, 15) is 0 Å². The Balaban J connectivity index is 1.07. The van der Waals surface area contributed by atoms with Crippen LogP contribution in [0.3, 0.4) is 0 Å². The number of ether oxygens (including phenoxy) is 1. The number of fused-ring (bicyclic) bond motifs is 6. The van der Waals surface area contributed by atoms with Crippen LogP contribution in [-0.4, -0.2) is 4.98 Å². The number of anilines is 1. The molecule has 0 fully saturated rings. The van der Waals surface area contributed by atoms with E-state index >= 15 is 0 Å².